The third kappa shape index (κ3) is 6.04. The Morgan fingerprint density at radius 3 is 2.47 bits per heavy atom. The van der Waals surface area contributed by atoms with Gasteiger partial charge in [-0.2, -0.15) is 4.31 Å². The molecule has 2 aromatic rings. The van der Waals surface area contributed by atoms with Gasteiger partial charge in [0.25, 0.3) is 0 Å². The second kappa shape index (κ2) is 10.6. The van der Waals surface area contributed by atoms with Crippen LogP contribution in [0.3, 0.4) is 0 Å². The van der Waals surface area contributed by atoms with Crippen molar-refractivity contribution in [2.45, 2.75) is 24.7 Å². The van der Waals surface area contributed by atoms with Crippen LogP contribution in [0.2, 0.25) is 0 Å². The van der Waals surface area contributed by atoms with E-state index in [2.05, 4.69) is 10.6 Å². The molecule has 0 aliphatic carbocycles. The largest absolute Gasteiger partial charge is 0.494 e. The summed E-state index contributed by atoms with van der Waals surface area (Å²) in [5, 5.41) is 5.26. The predicted molar refractivity (Wildman–Crippen MR) is 117 cm³/mol. The summed E-state index contributed by atoms with van der Waals surface area (Å²) in [7, 11) is -3.83. The number of sulfonamides is 1. The Hall–Kier alpha value is -2.98. The highest BCUT2D eigenvalue weighted by atomic mass is 32.2. The molecule has 1 heterocycles. The normalized spacial score (nSPS) is 16.9. The minimum absolute atomic E-state index is 0.00600. The van der Waals surface area contributed by atoms with E-state index in [4.69, 9.17) is 4.74 Å². The fourth-order valence-corrected chi connectivity index (χ4v) is 4.97. The molecule has 1 aliphatic heterocycles. The molecule has 2 N–H and O–H groups in total. The van der Waals surface area contributed by atoms with Gasteiger partial charge in [0.15, 0.2) is 0 Å². The summed E-state index contributed by atoms with van der Waals surface area (Å²) in [5.74, 6) is -1.18. The molecule has 1 saturated heterocycles. The summed E-state index contributed by atoms with van der Waals surface area (Å²) in [4.78, 5) is 24.7. The monoisotopic (exact) mass is 463 g/mol. The molecule has 1 aliphatic rings. The molecule has 32 heavy (non-hydrogen) atoms. The first-order chi connectivity index (χ1) is 15.3. The van der Waals surface area contributed by atoms with Crippen molar-refractivity contribution < 1.29 is 27.1 Å². The molecular formula is C22H26FN3O5S. The summed E-state index contributed by atoms with van der Waals surface area (Å²) < 4.78 is 45.3. The van der Waals surface area contributed by atoms with Gasteiger partial charge < -0.3 is 15.4 Å². The van der Waals surface area contributed by atoms with Crippen LogP contribution in [0.4, 0.5) is 10.1 Å². The van der Waals surface area contributed by atoms with Gasteiger partial charge in [-0.25, -0.2) is 12.8 Å². The molecule has 2 aromatic carbocycles. The number of rotatable bonds is 8. The molecule has 1 atom stereocenters. The highest BCUT2D eigenvalue weighted by Gasteiger charge is 2.33. The number of halogens is 1. The number of ether oxygens (including phenoxy) is 1. The standard InChI is InChI=1S/C22H26FN3O5S/c1-2-31-19-9-7-18(8-10-19)25-21(27)14-24-22(28)16-4-3-13-26(15-16)32(29,30)20-11-5-17(23)6-12-20/h5-12,16H,2-4,13-15H2,1H3,(H,24,28)(H,25,27). The van der Waals surface area contributed by atoms with Crippen molar-refractivity contribution in [3.05, 3.63) is 54.3 Å². The molecule has 3 rings (SSSR count). The number of nitrogens with one attached hydrogen (secondary N) is 2. The summed E-state index contributed by atoms with van der Waals surface area (Å²) >= 11 is 0. The zero-order valence-electron chi connectivity index (χ0n) is 17.7. The topological polar surface area (TPSA) is 105 Å². The summed E-state index contributed by atoms with van der Waals surface area (Å²) in [5.41, 5.74) is 0.571. The smallest absolute Gasteiger partial charge is 0.243 e. The first-order valence-electron chi connectivity index (χ1n) is 10.4. The van der Waals surface area contributed by atoms with E-state index < -0.39 is 27.7 Å². The number of amides is 2. The lowest BCUT2D eigenvalue weighted by atomic mass is 9.99. The van der Waals surface area contributed by atoms with Gasteiger partial charge in [0.2, 0.25) is 21.8 Å². The molecule has 1 fully saturated rings. The summed E-state index contributed by atoms with van der Waals surface area (Å²) in [6, 6.07) is 11.5. The van der Waals surface area contributed by atoms with Crippen LogP contribution in [0.1, 0.15) is 19.8 Å². The number of hydrogen-bond donors (Lipinski definition) is 2. The third-order valence-electron chi connectivity index (χ3n) is 5.08. The minimum Gasteiger partial charge on any atom is -0.494 e. The van der Waals surface area contributed by atoms with Gasteiger partial charge in [0, 0.05) is 18.8 Å². The van der Waals surface area contributed by atoms with Gasteiger partial charge in [-0.15, -0.1) is 0 Å². The Morgan fingerprint density at radius 1 is 1.12 bits per heavy atom. The summed E-state index contributed by atoms with van der Waals surface area (Å²) in [6.45, 7) is 2.48. The SMILES string of the molecule is CCOc1ccc(NC(=O)CNC(=O)C2CCCN(S(=O)(=O)c3ccc(F)cc3)C2)cc1. The Balaban J connectivity index is 1.52. The van der Waals surface area contributed by atoms with Crippen molar-refractivity contribution in [2.75, 3.05) is 31.6 Å². The van der Waals surface area contributed by atoms with E-state index in [0.717, 1.165) is 12.1 Å². The van der Waals surface area contributed by atoms with E-state index in [0.29, 0.717) is 30.9 Å². The highest BCUT2D eigenvalue weighted by molar-refractivity contribution is 7.89. The van der Waals surface area contributed by atoms with Crippen LogP contribution in [0.5, 0.6) is 5.75 Å². The Bertz CT molecular complexity index is 1040. The highest BCUT2D eigenvalue weighted by Crippen LogP contribution is 2.24. The van der Waals surface area contributed by atoms with Gasteiger partial charge in [-0.05, 0) is 68.3 Å². The lowest BCUT2D eigenvalue weighted by molar-refractivity contribution is -0.128. The second-order valence-electron chi connectivity index (χ2n) is 7.38. The second-order valence-corrected chi connectivity index (χ2v) is 9.32. The van der Waals surface area contributed by atoms with Gasteiger partial charge in [0.05, 0.1) is 24.0 Å². The fourth-order valence-electron chi connectivity index (χ4n) is 3.45. The number of anilines is 1. The van der Waals surface area contributed by atoms with Crippen LogP contribution < -0.4 is 15.4 Å². The quantitative estimate of drug-likeness (QED) is 0.626. The Labute approximate surface area is 186 Å². The van der Waals surface area contributed by atoms with Crippen LogP contribution >= 0.6 is 0 Å². The molecule has 2 amide bonds. The number of carbonyl (C=O) groups is 2. The average Bonchev–Trinajstić information content (AvgIpc) is 2.79. The van der Waals surface area contributed by atoms with E-state index in [1.807, 2.05) is 6.92 Å². The zero-order valence-corrected chi connectivity index (χ0v) is 18.5. The van der Waals surface area contributed by atoms with Crippen LogP contribution in [0.25, 0.3) is 0 Å². The number of nitrogens with zero attached hydrogens (tertiary/aromatic N) is 1. The minimum atomic E-state index is -3.83. The van der Waals surface area contributed by atoms with Crippen molar-refractivity contribution in [1.29, 1.82) is 0 Å². The van der Waals surface area contributed by atoms with E-state index >= 15 is 0 Å². The molecule has 10 heteroatoms. The Morgan fingerprint density at radius 2 is 1.81 bits per heavy atom. The average molecular weight is 464 g/mol. The van der Waals surface area contributed by atoms with Crippen molar-refractivity contribution in [3.8, 4) is 5.75 Å². The molecule has 0 aromatic heterocycles. The zero-order chi connectivity index (χ0) is 23.1. The molecule has 0 bridgehead atoms. The van der Waals surface area contributed by atoms with E-state index in [-0.39, 0.29) is 30.4 Å². The molecule has 1 unspecified atom stereocenters. The van der Waals surface area contributed by atoms with E-state index in [9.17, 15) is 22.4 Å². The fraction of sp³-hybridized carbons (Fsp3) is 0.364. The molecule has 172 valence electrons. The van der Waals surface area contributed by atoms with Crippen molar-refractivity contribution in [2.24, 2.45) is 5.92 Å². The van der Waals surface area contributed by atoms with E-state index in [1.54, 1.807) is 24.3 Å². The van der Waals surface area contributed by atoms with Crippen LogP contribution in [-0.4, -0.2) is 50.8 Å². The Kier molecular flexibility index (Phi) is 7.81. The molecule has 8 nitrogen and oxygen atoms in total. The van der Waals surface area contributed by atoms with Crippen molar-refractivity contribution in [1.82, 2.24) is 9.62 Å². The van der Waals surface area contributed by atoms with Gasteiger partial charge in [0.1, 0.15) is 11.6 Å². The number of carbonyl (C=O) groups excluding carboxylic acids is 2. The first kappa shape index (κ1) is 23.7. The maximum absolute atomic E-state index is 13.1. The lowest BCUT2D eigenvalue weighted by Crippen LogP contribution is -2.46. The predicted octanol–water partition coefficient (Wildman–Crippen LogP) is 2.38. The van der Waals surface area contributed by atoms with Crippen molar-refractivity contribution >= 4 is 27.5 Å². The molecular weight excluding hydrogens is 437 g/mol. The van der Waals surface area contributed by atoms with Crippen LogP contribution in [-0.2, 0) is 19.6 Å². The maximum atomic E-state index is 13.1. The molecule has 0 radical (unpaired) electrons. The van der Waals surface area contributed by atoms with Crippen LogP contribution in [0, 0.1) is 11.7 Å². The third-order valence-corrected chi connectivity index (χ3v) is 6.96. The van der Waals surface area contributed by atoms with E-state index in [1.165, 1.54) is 16.4 Å². The molecule has 0 saturated carbocycles. The first-order valence-corrected chi connectivity index (χ1v) is 11.8. The lowest BCUT2D eigenvalue weighted by Gasteiger charge is -2.31. The van der Waals surface area contributed by atoms with Crippen LogP contribution in [0.15, 0.2) is 53.4 Å². The van der Waals surface area contributed by atoms with Gasteiger partial charge in [-0.3, -0.25) is 9.59 Å². The number of hydrogen-bond acceptors (Lipinski definition) is 5. The van der Waals surface area contributed by atoms with Gasteiger partial charge in [-0.1, -0.05) is 0 Å². The molecule has 0 spiro atoms. The summed E-state index contributed by atoms with van der Waals surface area (Å²) in [6.07, 6.45) is 1.03. The van der Waals surface area contributed by atoms with Gasteiger partial charge >= 0.3 is 0 Å². The van der Waals surface area contributed by atoms with Crippen molar-refractivity contribution in [3.63, 3.8) is 0 Å². The maximum Gasteiger partial charge on any atom is 0.243 e. The number of piperidine rings is 1. The number of benzene rings is 2.